The molecule has 1 atom stereocenters. The molecule has 0 radical (unpaired) electrons. The first-order chi connectivity index (χ1) is 9.09. The average molecular weight is 262 g/mol. The highest BCUT2D eigenvalue weighted by Gasteiger charge is 2.04. The number of hydrogen-bond donors (Lipinski definition) is 0. The Hall–Kier alpha value is -0.780. The monoisotopic (exact) mass is 262 g/mol. The first-order valence-electron chi connectivity index (χ1n) is 8.16. The average Bonchev–Trinajstić information content (AvgIpc) is 2.41. The van der Waals surface area contributed by atoms with Gasteiger partial charge in [-0.05, 0) is 30.7 Å². The smallest absolute Gasteiger partial charge is 0.0190 e. The summed E-state index contributed by atoms with van der Waals surface area (Å²) < 4.78 is 0. The summed E-state index contributed by atoms with van der Waals surface area (Å²) in [6.07, 6.45) is 6.90. The fourth-order valence-corrected chi connectivity index (χ4v) is 2.24. The number of aryl methyl sites for hydroxylation is 1. The van der Waals surface area contributed by atoms with Gasteiger partial charge in [0.2, 0.25) is 0 Å². The third kappa shape index (κ3) is 8.86. The molecule has 0 aliphatic carbocycles. The molecule has 1 aromatic rings. The first-order valence-corrected chi connectivity index (χ1v) is 8.16. The van der Waals surface area contributed by atoms with Gasteiger partial charge in [0.1, 0.15) is 0 Å². The van der Waals surface area contributed by atoms with E-state index in [1.165, 1.54) is 43.2 Å². The van der Waals surface area contributed by atoms with Crippen molar-refractivity contribution in [3.63, 3.8) is 0 Å². The van der Waals surface area contributed by atoms with Crippen LogP contribution in [0.4, 0.5) is 0 Å². The van der Waals surface area contributed by atoms with Gasteiger partial charge in [-0.15, -0.1) is 0 Å². The minimum absolute atomic E-state index is 0.717. The lowest BCUT2D eigenvalue weighted by Crippen LogP contribution is -1.94. The summed E-state index contributed by atoms with van der Waals surface area (Å²) in [7, 11) is 0. The molecule has 0 spiro atoms. The second kappa shape index (κ2) is 11.1. The molecular weight excluding hydrogens is 228 g/mol. The highest BCUT2D eigenvalue weighted by molar-refractivity contribution is 5.23. The van der Waals surface area contributed by atoms with Crippen LogP contribution in [0.5, 0.6) is 0 Å². The number of rotatable bonds is 7. The van der Waals surface area contributed by atoms with Crippen LogP contribution in [0, 0.1) is 12.8 Å². The Morgan fingerprint density at radius 1 is 0.789 bits per heavy atom. The van der Waals surface area contributed by atoms with Gasteiger partial charge in [0.15, 0.2) is 0 Å². The van der Waals surface area contributed by atoms with Gasteiger partial charge in [0.05, 0.1) is 0 Å². The molecule has 0 aromatic heterocycles. The molecule has 0 amide bonds. The SMILES string of the molecule is CC.Cc1ccc(C(C)CCCCCC(C)C)cc1. The maximum atomic E-state index is 2.35. The second-order valence-corrected chi connectivity index (χ2v) is 5.84. The van der Waals surface area contributed by atoms with Gasteiger partial charge < -0.3 is 0 Å². The third-order valence-corrected chi connectivity index (χ3v) is 3.56. The molecule has 0 saturated heterocycles. The van der Waals surface area contributed by atoms with Crippen molar-refractivity contribution in [2.45, 2.75) is 79.6 Å². The fraction of sp³-hybridized carbons (Fsp3) is 0.684. The maximum absolute atomic E-state index is 2.35. The molecule has 0 saturated carbocycles. The Kier molecular flexibility index (Phi) is 10.6. The molecule has 0 bridgehead atoms. The molecule has 110 valence electrons. The topological polar surface area (TPSA) is 0 Å². The summed E-state index contributed by atoms with van der Waals surface area (Å²) in [4.78, 5) is 0. The first kappa shape index (κ1) is 18.2. The van der Waals surface area contributed by atoms with E-state index < -0.39 is 0 Å². The molecule has 0 fully saturated rings. The molecule has 0 aliphatic rings. The van der Waals surface area contributed by atoms with Crippen molar-refractivity contribution >= 4 is 0 Å². The summed E-state index contributed by atoms with van der Waals surface area (Å²) in [5, 5.41) is 0. The normalized spacial score (nSPS) is 11.9. The zero-order chi connectivity index (χ0) is 14.7. The summed E-state index contributed by atoms with van der Waals surface area (Å²) >= 11 is 0. The van der Waals surface area contributed by atoms with Crippen LogP contribution in [0.25, 0.3) is 0 Å². The van der Waals surface area contributed by atoms with Crippen molar-refractivity contribution in [2.24, 2.45) is 5.92 Å². The van der Waals surface area contributed by atoms with E-state index >= 15 is 0 Å². The van der Waals surface area contributed by atoms with Gasteiger partial charge in [0.25, 0.3) is 0 Å². The summed E-state index contributed by atoms with van der Waals surface area (Å²) in [5.74, 6) is 1.58. The van der Waals surface area contributed by atoms with E-state index in [0.717, 1.165) is 11.8 Å². The van der Waals surface area contributed by atoms with Gasteiger partial charge in [-0.3, -0.25) is 0 Å². The van der Waals surface area contributed by atoms with Gasteiger partial charge in [0, 0.05) is 0 Å². The van der Waals surface area contributed by atoms with Crippen LogP contribution in [0.2, 0.25) is 0 Å². The van der Waals surface area contributed by atoms with Crippen molar-refractivity contribution in [3.8, 4) is 0 Å². The van der Waals surface area contributed by atoms with Crippen LogP contribution in [0.3, 0.4) is 0 Å². The van der Waals surface area contributed by atoms with Crippen LogP contribution >= 0.6 is 0 Å². The third-order valence-electron chi connectivity index (χ3n) is 3.56. The van der Waals surface area contributed by atoms with Crippen molar-refractivity contribution in [1.82, 2.24) is 0 Å². The van der Waals surface area contributed by atoms with Crippen LogP contribution < -0.4 is 0 Å². The minimum atomic E-state index is 0.717. The maximum Gasteiger partial charge on any atom is -0.0190 e. The zero-order valence-corrected chi connectivity index (χ0v) is 14.0. The van der Waals surface area contributed by atoms with Crippen molar-refractivity contribution < 1.29 is 0 Å². The van der Waals surface area contributed by atoms with Gasteiger partial charge in [-0.1, -0.05) is 90.1 Å². The summed E-state index contributed by atoms with van der Waals surface area (Å²) in [5.41, 5.74) is 2.86. The van der Waals surface area contributed by atoms with Crippen molar-refractivity contribution in [3.05, 3.63) is 35.4 Å². The Morgan fingerprint density at radius 2 is 1.32 bits per heavy atom. The van der Waals surface area contributed by atoms with Gasteiger partial charge in [-0.2, -0.15) is 0 Å². The largest absolute Gasteiger partial charge is 0.0683 e. The van der Waals surface area contributed by atoms with Gasteiger partial charge in [-0.25, -0.2) is 0 Å². The van der Waals surface area contributed by atoms with Crippen LogP contribution in [-0.4, -0.2) is 0 Å². The Bertz CT molecular complexity index is 294. The van der Waals surface area contributed by atoms with E-state index in [1.807, 2.05) is 13.8 Å². The molecular formula is C19H34. The quantitative estimate of drug-likeness (QED) is 0.478. The van der Waals surface area contributed by atoms with E-state index in [0.29, 0.717) is 0 Å². The minimum Gasteiger partial charge on any atom is -0.0683 e. The molecule has 0 aliphatic heterocycles. The van der Waals surface area contributed by atoms with E-state index in [1.54, 1.807) is 0 Å². The van der Waals surface area contributed by atoms with E-state index in [-0.39, 0.29) is 0 Å². The standard InChI is InChI=1S/C17H28.C2H6/c1-14(2)8-6-5-7-9-16(4)17-12-10-15(3)11-13-17;1-2/h10-14,16H,5-9H2,1-4H3;1-2H3. The van der Waals surface area contributed by atoms with Crippen molar-refractivity contribution in [1.29, 1.82) is 0 Å². The van der Waals surface area contributed by atoms with Crippen LogP contribution in [0.1, 0.15) is 83.8 Å². The zero-order valence-electron chi connectivity index (χ0n) is 14.0. The molecule has 0 N–H and O–H groups in total. The Morgan fingerprint density at radius 3 is 1.84 bits per heavy atom. The van der Waals surface area contributed by atoms with E-state index in [4.69, 9.17) is 0 Å². The lowest BCUT2D eigenvalue weighted by molar-refractivity contribution is 0.507. The highest BCUT2D eigenvalue weighted by atomic mass is 14.1. The molecule has 0 heteroatoms. The Balaban J connectivity index is 0.00000154. The summed E-state index contributed by atoms with van der Waals surface area (Å²) in [6.45, 7) is 13.1. The molecule has 1 unspecified atom stereocenters. The highest BCUT2D eigenvalue weighted by Crippen LogP contribution is 2.22. The lowest BCUT2D eigenvalue weighted by Gasteiger charge is -2.12. The number of hydrogen-bond acceptors (Lipinski definition) is 0. The fourth-order valence-electron chi connectivity index (χ4n) is 2.24. The molecule has 1 aromatic carbocycles. The number of benzene rings is 1. The predicted molar refractivity (Wildman–Crippen MR) is 88.9 cm³/mol. The van der Waals surface area contributed by atoms with Crippen LogP contribution in [-0.2, 0) is 0 Å². The molecule has 0 heterocycles. The van der Waals surface area contributed by atoms with Gasteiger partial charge >= 0.3 is 0 Å². The second-order valence-electron chi connectivity index (χ2n) is 5.84. The number of unbranched alkanes of at least 4 members (excludes halogenated alkanes) is 2. The van der Waals surface area contributed by atoms with E-state index in [9.17, 15) is 0 Å². The van der Waals surface area contributed by atoms with E-state index in [2.05, 4.69) is 52.0 Å². The lowest BCUT2D eigenvalue weighted by atomic mass is 9.94. The van der Waals surface area contributed by atoms with Crippen LogP contribution in [0.15, 0.2) is 24.3 Å². The summed E-state index contributed by atoms with van der Waals surface area (Å²) in [6, 6.07) is 9.03. The predicted octanol–water partition coefficient (Wildman–Crippen LogP) is 6.73. The Labute approximate surface area is 121 Å². The van der Waals surface area contributed by atoms with Crippen molar-refractivity contribution in [2.75, 3.05) is 0 Å². The molecule has 0 nitrogen and oxygen atoms in total. The molecule has 1 rings (SSSR count). The molecule has 19 heavy (non-hydrogen) atoms.